The van der Waals surface area contributed by atoms with Crippen LogP contribution in [0.5, 0.6) is 0 Å². The molecule has 0 aliphatic carbocycles. The third kappa shape index (κ3) is 4.85. The molecule has 6 rings (SSSR count). The van der Waals surface area contributed by atoms with E-state index in [1.807, 2.05) is 81.5 Å². The molecule has 4 aliphatic rings. The highest BCUT2D eigenvalue weighted by Gasteiger charge is 2.55. The van der Waals surface area contributed by atoms with Crippen LogP contribution in [0.1, 0.15) is 31.7 Å². The molecule has 0 saturated carbocycles. The summed E-state index contributed by atoms with van der Waals surface area (Å²) in [5.74, 6) is 0.696. The predicted octanol–water partition coefficient (Wildman–Crippen LogP) is 2.36. The minimum atomic E-state index is -1.09. The Morgan fingerprint density at radius 1 is 0.976 bits per heavy atom. The molecule has 4 aliphatic heterocycles. The first kappa shape index (κ1) is 27.0. The van der Waals surface area contributed by atoms with E-state index >= 15 is 0 Å². The monoisotopic (exact) mass is 550 g/mol. The average molecular weight is 551 g/mol. The highest BCUT2D eigenvalue weighted by molar-refractivity contribution is 6.20. The summed E-state index contributed by atoms with van der Waals surface area (Å²) in [5, 5.41) is 5.49. The van der Waals surface area contributed by atoms with Gasteiger partial charge in [-0.1, -0.05) is 0 Å². The second-order valence-corrected chi connectivity index (χ2v) is 11.4. The van der Waals surface area contributed by atoms with Crippen molar-refractivity contribution in [2.45, 2.75) is 44.4 Å². The van der Waals surface area contributed by atoms with Gasteiger partial charge >= 0.3 is 0 Å². The molecule has 0 radical (unpaired) electrons. The van der Waals surface area contributed by atoms with Crippen LogP contribution in [-0.4, -0.2) is 64.6 Å². The van der Waals surface area contributed by atoms with E-state index in [2.05, 4.69) is 20.3 Å². The number of hydrogen-bond acceptors (Lipinski definition) is 8. The Labute approximate surface area is 238 Å². The lowest BCUT2D eigenvalue weighted by molar-refractivity contribution is -0.128. The second kappa shape index (κ2) is 10.0. The zero-order chi connectivity index (χ0) is 28.8. The van der Waals surface area contributed by atoms with Crippen molar-refractivity contribution in [2.24, 2.45) is 15.4 Å². The summed E-state index contributed by atoms with van der Waals surface area (Å²) in [4.78, 5) is 36.8. The number of nitrogens with zero attached hydrogens (tertiary/aromatic N) is 4. The number of methoxy groups -OCH3 is 2. The van der Waals surface area contributed by atoms with E-state index in [1.165, 1.54) is 0 Å². The number of ketones is 1. The minimum Gasteiger partial charge on any atom is -0.382 e. The van der Waals surface area contributed by atoms with Crippen LogP contribution in [0, 0.1) is 12.3 Å². The first-order valence-electron chi connectivity index (χ1n) is 13.7. The van der Waals surface area contributed by atoms with E-state index in [9.17, 15) is 4.79 Å². The third-order valence-corrected chi connectivity index (χ3v) is 8.08. The number of ether oxygens (including phenoxy) is 2. The number of carbonyl (C=O) groups excluding carboxylic acids is 1. The number of aryl methyl sites for hydroxylation is 1. The number of aliphatic imine (C=N–C) groups is 2. The number of H-pyrrole nitrogens is 1. The number of carbonyl (C=O) groups is 1. The maximum absolute atomic E-state index is 14.5. The number of Topliss-reactive ketones (excluding diaryl/α,β-unsaturated/α-hetero) is 1. The Hall–Kier alpha value is -4.21. The molecule has 2 N–H and O–H groups in total. The van der Waals surface area contributed by atoms with Crippen molar-refractivity contribution in [1.29, 1.82) is 0 Å². The number of nitrogens with one attached hydrogen (secondary N) is 2. The SMILES string of the molecule is COCC(CC12C=C3C=CC(=N3)C=c3ccc([nH]3)=CC3=NC(c4cnc(C)nc4)(C=C3)C=C(N1)C(C)(C)C2=O)OC. The van der Waals surface area contributed by atoms with Crippen molar-refractivity contribution in [3.05, 3.63) is 94.5 Å². The number of aromatic amines is 1. The molecule has 0 spiro atoms. The molecule has 9 heteroatoms. The van der Waals surface area contributed by atoms with Crippen LogP contribution >= 0.6 is 0 Å². The van der Waals surface area contributed by atoms with Crippen molar-refractivity contribution in [1.82, 2.24) is 20.3 Å². The summed E-state index contributed by atoms with van der Waals surface area (Å²) in [5.41, 5.74) is 0.992. The number of rotatable bonds is 6. The van der Waals surface area contributed by atoms with Crippen molar-refractivity contribution in [3.63, 3.8) is 0 Å². The van der Waals surface area contributed by atoms with Gasteiger partial charge in [-0.15, -0.1) is 0 Å². The van der Waals surface area contributed by atoms with Gasteiger partial charge < -0.3 is 19.8 Å². The quantitative estimate of drug-likeness (QED) is 0.571. The zero-order valence-corrected chi connectivity index (χ0v) is 23.9. The Morgan fingerprint density at radius 2 is 1.71 bits per heavy atom. The molecular weight excluding hydrogens is 516 g/mol. The summed E-state index contributed by atoms with van der Waals surface area (Å²) in [7, 11) is 3.27. The fraction of sp³-hybridized carbons (Fsp3) is 0.344. The van der Waals surface area contributed by atoms with Gasteiger partial charge in [0.2, 0.25) is 0 Å². The molecule has 210 valence electrons. The van der Waals surface area contributed by atoms with Crippen LogP contribution in [-0.2, 0) is 19.8 Å². The fourth-order valence-corrected chi connectivity index (χ4v) is 5.86. The van der Waals surface area contributed by atoms with E-state index in [1.54, 1.807) is 26.6 Å². The molecule has 2 aromatic heterocycles. The van der Waals surface area contributed by atoms with Crippen molar-refractivity contribution in [3.8, 4) is 0 Å². The lowest BCUT2D eigenvalue weighted by Crippen LogP contribution is -2.48. The standard InChI is InChI=1S/C32H34N6O3/c1-20-33-17-21(18-34-20)31-11-10-25(37-31)13-24-7-6-22(35-24)12-23-8-9-26(36-23)14-32(15-27(41-5)19-40-4)29(39)30(2,3)28(16-31)38-32/h6-14,16-18,27,35,38H,15,19H2,1-5H3. The second-order valence-electron chi connectivity index (χ2n) is 11.4. The van der Waals surface area contributed by atoms with E-state index in [0.29, 0.717) is 24.5 Å². The first-order chi connectivity index (χ1) is 19.6. The zero-order valence-electron chi connectivity index (χ0n) is 23.9. The van der Waals surface area contributed by atoms with Gasteiger partial charge in [-0.25, -0.2) is 15.0 Å². The lowest BCUT2D eigenvalue weighted by atomic mass is 9.77. The number of aromatic nitrogens is 3. The highest BCUT2D eigenvalue weighted by Crippen LogP contribution is 2.45. The molecule has 0 amide bonds. The molecular formula is C32H34N6O3. The van der Waals surface area contributed by atoms with Crippen LogP contribution in [0.4, 0.5) is 0 Å². The molecule has 6 heterocycles. The summed E-state index contributed by atoms with van der Waals surface area (Å²) in [6.07, 6.45) is 19.5. The Bertz CT molecular complexity index is 1710. The largest absolute Gasteiger partial charge is 0.382 e. The summed E-state index contributed by atoms with van der Waals surface area (Å²) >= 11 is 0. The summed E-state index contributed by atoms with van der Waals surface area (Å²) < 4.78 is 11.2. The van der Waals surface area contributed by atoms with Crippen LogP contribution in [0.3, 0.4) is 0 Å². The topological polar surface area (TPSA) is 114 Å². The third-order valence-electron chi connectivity index (χ3n) is 8.08. The number of hydrogen-bond donors (Lipinski definition) is 2. The highest BCUT2D eigenvalue weighted by atomic mass is 16.5. The van der Waals surface area contributed by atoms with Gasteiger partial charge in [0.1, 0.15) is 16.9 Å². The van der Waals surface area contributed by atoms with Gasteiger partial charge in [0.25, 0.3) is 0 Å². The number of fused-ring (bicyclic) bond motifs is 6. The minimum absolute atomic E-state index is 0.0221. The first-order valence-corrected chi connectivity index (χ1v) is 13.7. The molecule has 3 atom stereocenters. The lowest BCUT2D eigenvalue weighted by Gasteiger charge is -2.30. The van der Waals surface area contributed by atoms with Gasteiger partial charge in [0, 0.05) is 55.0 Å². The molecule has 8 bridgehead atoms. The molecule has 2 aromatic rings. The predicted molar refractivity (Wildman–Crippen MR) is 159 cm³/mol. The van der Waals surface area contributed by atoms with Crippen molar-refractivity contribution < 1.29 is 14.3 Å². The normalized spacial score (nSPS) is 26.4. The maximum atomic E-state index is 14.5. The summed E-state index contributed by atoms with van der Waals surface area (Å²) in [6.45, 7) is 6.09. The van der Waals surface area contributed by atoms with E-state index in [0.717, 1.165) is 33.4 Å². The molecule has 9 nitrogen and oxygen atoms in total. The molecule has 1 saturated heterocycles. The van der Waals surface area contributed by atoms with E-state index in [-0.39, 0.29) is 11.9 Å². The van der Waals surface area contributed by atoms with Gasteiger partial charge in [-0.2, -0.15) is 0 Å². The molecule has 1 fully saturated rings. The van der Waals surface area contributed by atoms with Gasteiger partial charge in [0.15, 0.2) is 5.78 Å². The Kier molecular flexibility index (Phi) is 6.59. The molecule has 41 heavy (non-hydrogen) atoms. The fourth-order valence-electron chi connectivity index (χ4n) is 5.86. The maximum Gasteiger partial charge on any atom is 0.173 e. The van der Waals surface area contributed by atoms with Crippen LogP contribution in [0.2, 0.25) is 0 Å². The Balaban J connectivity index is 1.61. The van der Waals surface area contributed by atoms with Crippen LogP contribution in [0.25, 0.3) is 12.2 Å². The number of allylic oxidation sites excluding steroid dienone is 4. The van der Waals surface area contributed by atoms with E-state index < -0.39 is 16.5 Å². The van der Waals surface area contributed by atoms with Crippen LogP contribution in [0.15, 0.2) is 82.4 Å². The van der Waals surface area contributed by atoms with Crippen molar-refractivity contribution in [2.75, 3.05) is 20.8 Å². The average Bonchev–Trinajstić information content (AvgIpc) is 3.71. The summed E-state index contributed by atoms with van der Waals surface area (Å²) in [6, 6.07) is 4.03. The molecule has 0 aromatic carbocycles. The van der Waals surface area contributed by atoms with E-state index in [4.69, 9.17) is 19.5 Å². The Morgan fingerprint density at radius 3 is 2.41 bits per heavy atom. The smallest absolute Gasteiger partial charge is 0.173 e. The van der Waals surface area contributed by atoms with Crippen LogP contribution < -0.4 is 16.0 Å². The molecule has 3 unspecified atom stereocenters. The van der Waals surface area contributed by atoms with Gasteiger partial charge in [-0.3, -0.25) is 9.79 Å². The van der Waals surface area contributed by atoms with Gasteiger partial charge in [0.05, 0.1) is 35.2 Å². The van der Waals surface area contributed by atoms with Crippen molar-refractivity contribution >= 4 is 29.4 Å². The van der Waals surface area contributed by atoms with Gasteiger partial charge in [-0.05, 0) is 81.5 Å².